The van der Waals surface area contributed by atoms with E-state index in [1.54, 1.807) is 18.1 Å². The third-order valence-electron chi connectivity index (χ3n) is 2.94. The number of benzene rings is 2. The van der Waals surface area contributed by atoms with Crippen molar-refractivity contribution in [3.8, 4) is 22.7 Å². The van der Waals surface area contributed by atoms with Gasteiger partial charge in [-0.15, -0.1) is 5.10 Å². The SMILES string of the molecule is COc1ccc(-n2ncc(-c3ccc(Cl)cc3)n2)cc1. The smallest absolute Gasteiger partial charge is 0.119 e. The van der Waals surface area contributed by atoms with Gasteiger partial charge in [0.1, 0.15) is 11.4 Å². The van der Waals surface area contributed by atoms with Gasteiger partial charge in [0.15, 0.2) is 0 Å². The molecule has 0 radical (unpaired) electrons. The molecule has 0 amide bonds. The molecule has 0 aliphatic rings. The lowest BCUT2D eigenvalue weighted by Gasteiger charge is -2.02. The first-order valence-electron chi connectivity index (χ1n) is 6.09. The average Bonchev–Trinajstić information content (AvgIpc) is 2.98. The van der Waals surface area contributed by atoms with Gasteiger partial charge in [0.2, 0.25) is 0 Å². The van der Waals surface area contributed by atoms with Crippen LogP contribution < -0.4 is 4.74 Å². The van der Waals surface area contributed by atoms with Crippen LogP contribution in [0.2, 0.25) is 5.02 Å². The second-order valence-electron chi connectivity index (χ2n) is 4.22. The molecule has 5 heteroatoms. The van der Waals surface area contributed by atoms with Crippen molar-refractivity contribution in [1.29, 1.82) is 0 Å². The van der Waals surface area contributed by atoms with Gasteiger partial charge in [-0.25, -0.2) is 0 Å². The minimum atomic E-state index is 0.705. The summed E-state index contributed by atoms with van der Waals surface area (Å²) in [5.41, 5.74) is 2.66. The molecule has 2 aromatic carbocycles. The van der Waals surface area contributed by atoms with Crippen LogP contribution in [0.5, 0.6) is 5.75 Å². The van der Waals surface area contributed by atoms with Crippen LogP contribution in [0, 0.1) is 0 Å². The van der Waals surface area contributed by atoms with Crippen LogP contribution in [-0.4, -0.2) is 22.1 Å². The Hall–Kier alpha value is -2.33. The zero-order valence-corrected chi connectivity index (χ0v) is 11.6. The summed E-state index contributed by atoms with van der Waals surface area (Å²) in [6, 6.07) is 15.1. The Morgan fingerprint density at radius 1 is 1.00 bits per heavy atom. The molecule has 100 valence electrons. The number of ether oxygens (including phenoxy) is 1. The fraction of sp³-hybridized carbons (Fsp3) is 0.0667. The highest BCUT2D eigenvalue weighted by atomic mass is 35.5. The van der Waals surface area contributed by atoms with E-state index in [0.29, 0.717) is 5.02 Å². The molecule has 1 heterocycles. The van der Waals surface area contributed by atoms with Crippen LogP contribution in [0.15, 0.2) is 54.7 Å². The van der Waals surface area contributed by atoms with Crippen molar-refractivity contribution in [2.75, 3.05) is 7.11 Å². The summed E-state index contributed by atoms with van der Waals surface area (Å²) in [6.07, 6.45) is 1.73. The number of halogens is 1. The summed E-state index contributed by atoms with van der Waals surface area (Å²) in [5, 5.41) is 9.43. The maximum atomic E-state index is 5.88. The number of rotatable bonds is 3. The summed E-state index contributed by atoms with van der Waals surface area (Å²) in [4.78, 5) is 1.59. The van der Waals surface area contributed by atoms with Gasteiger partial charge >= 0.3 is 0 Å². The van der Waals surface area contributed by atoms with Crippen molar-refractivity contribution in [1.82, 2.24) is 15.0 Å². The Balaban J connectivity index is 1.91. The molecular weight excluding hydrogens is 274 g/mol. The van der Waals surface area contributed by atoms with Crippen LogP contribution in [0.1, 0.15) is 0 Å². The summed E-state index contributed by atoms with van der Waals surface area (Å²) in [6.45, 7) is 0. The van der Waals surface area contributed by atoms with Gasteiger partial charge in [-0.2, -0.15) is 9.90 Å². The van der Waals surface area contributed by atoms with Gasteiger partial charge in [-0.05, 0) is 36.4 Å². The van der Waals surface area contributed by atoms with Gasteiger partial charge in [0.25, 0.3) is 0 Å². The second kappa shape index (κ2) is 5.35. The van der Waals surface area contributed by atoms with Crippen molar-refractivity contribution in [3.05, 3.63) is 59.8 Å². The monoisotopic (exact) mass is 285 g/mol. The molecule has 4 nitrogen and oxygen atoms in total. The van der Waals surface area contributed by atoms with E-state index in [9.17, 15) is 0 Å². The van der Waals surface area contributed by atoms with Crippen molar-refractivity contribution in [2.45, 2.75) is 0 Å². The standard InChI is InChI=1S/C15H12ClN3O/c1-20-14-8-6-13(7-9-14)19-17-10-15(18-19)11-2-4-12(16)5-3-11/h2-10H,1H3. The highest BCUT2D eigenvalue weighted by Gasteiger charge is 2.05. The Labute approximate surface area is 121 Å². The minimum Gasteiger partial charge on any atom is -0.497 e. The van der Waals surface area contributed by atoms with Gasteiger partial charge in [-0.3, -0.25) is 0 Å². The van der Waals surface area contributed by atoms with Crippen LogP contribution in [0.3, 0.4) is 0 Å². The average molecular weight is 286 g/mol. The predicted octanol–water partition coefficient (Wildman–Crippen LogP) is 3.60. The Bertz CT molecular complexity index is 705. The van der Waals surface area contributed by atoms with Crippen molar-refractivity contribution < 1.29 is 4.74 Å². The molecule has 0 N–H and O–H groups in total. The Kier molecular flexibility index (Phi) is 3.39. The Morgan fingerprint density at radius 3 is 2.35 bits per heavy atom. The molecule has 0 unspecified atom stereocenters. The van der Waals surface area contributed by atoms with Gasteiger partial charge < -0.3 is 4.74 Å². The molecule has 0 atom stereocenters. The van der Waals surface area contributed by atoms with Crippen LogP contribution in [0.4, 0.5) is 0 Å². The molecule has 0 aliphatic carbocycles. The molecule has 0 saturated heterocycles. The lowest BCUT2D eigenvalue weighted by atomic mass is 10.2. The highest BCUT2D eigenvalue weighted by Crippen LogP contribution is 2.20. The number of nitrogens with zero attached hydrogens (tertiary/aromatic N) is 3. The van der Waals surface area contributed by atoms with Crippen molar-refractivity contribution in [2.24, 2.45) is 0 Å². The third-order valence-corrected chi connectivity index (χ3v) is 3.19. The fourth-order valence-electron chi connectivity index (χ4n) is 1.86. The summed E-state index contributed by atoms with van der Waals surface area (Å²) < 4.78 is 5.13. The second-order valence-corrected chi connectivity index (χ2v) is 4.66. The lowest BCUT2D eigenvalue weighted by Crippen LogP contribution is -1.98. The third kappa shape index (κ3) is 2.51. The molecule has 0 bridgehead atoms. The Morgan fingerprint density at radius 2 is 1.70 bits per heavy atom. The van der Waals surface area contributed by atoms with Crippen LogP contribution >= 0.6 is 11.6 Å². The molecule has 0 saturated carbocycles. The molecule has 3 rings (SSSR count). The van der Waals surface area contributed by atoms with E-state index in [2.05, 4.69) is 10.2 Å². The van der Waals surface area contributed by atoms with Gasteiger partial charge in [-0.1, -0.05) is 23.7 Å². The van der Waals surface area contributed by atoms with E-state index in [-0.39, 0.29) is 0 Å². The van der Waals surface area contributed by atoms with Gasteiger partial charge in [0, 0.05) is 10.6 Å². The van der Waals surface area contributed by atoms with E-state index in [4.69, 9.17) is 16.3 Å². The van der Waals surface area contributed by atoms with E-state index < -0.39 is 0 Å². The number of aromatic nitrogens is 3. The molecule has 20 heavy (non-hydrogen) atoms. The van der Waals surface area contributed by atoms with E-state index in [0.717, 1.165) is 22.7 Å². The van der Waals surface area contributed by atoms with Crippen molar-refractivity contribution in [3.63, 3.8) is 0 Å². The summed E-state index contributed by atoms with van der Waals surface area (Å²) in [7, 11) is 1.64. The number of methoxy groups -OCH3 is 1. The zero-order valence-electron chi connectivity index (χ0n) is 10.8. The number of hydrogen-bond donors (Lipinski definition) is 0. The minimum absolute atomic E-state index is 0.705. The van der Waals surface area contributed by atoms with E-state index >= 15 is 0 Å². The first kappa shape index (κ1) is 12.7. The van der Waals surface area contributed by atoms with Crippen molar-refractivity contribution >= 4 is 11.6 Å². The normalized spacial score (nSPS) is 10.5. The quantitative estimate of drug-likeness (QED) is 0.738. The highest BCUT2D eigenvalue weighted by molar-refractivity contribution is 6.30. The summed E-state index contributed by atoms with van der Waals surface area (Å²) in [5.74, 6) is 0.804. The predicted molar refractivity (Wildman–Crippen MR) is 78.4 cm³/mol. The number of hydrogen-bond acceptors (Lipinski definition) is 3. The molecule has 0 spiro atoms. The first-order valence-corrected chi connectivity index (χ1v) is 6.47. The molecular formula is C15H12ClN3O. The van der Waals surface area contributed by atoms with Crippen LogP contribution in [0.25, 0.3) is 16.9 Å². The summed E-state index contributed by atoms with van der Waals surface area (Å²) >= 11 is 5.88. The maximum Gasteiger partial charge on any atom is 0.119 e. The van der Waals surface area contributed by atoms with Crippen LogP contribution in [-0.2, 0) is 0 Å². The van der Waals surface area contributed by atoms with Gasteiger partial charge in [0.05, 0.1) is 19.0 Å². The molecule has 0 fully saturated rings. The lowest BCUT2D eigenvalue weighted by molar-refractivity contribution is 0.414. The molecule has 1 aromatic heterocycles. The fourth-order valence-corrected chi connectivity index (χ4v) is 1.98. The first-order chi connectivity index (χ1) is 9.76. The zero-order chi connectivity index (χ0) is 13.9. The van der Waals surface area contributed by atoms with E-state index in [1.165, 1.54) is 0 Å². The molecule has 3 aromatic rings. The largest absolute Gasteiger partial charge is 0.497 e. The van der Waals surface area contributed by atoms with E-state index in [1.807, 2.05) is 48.5 Å². The maximum absolute atomic E-state index is 5.88. The molecule has 0 aliphatic heterocycles. The topological polar surface area (TPSA) is 39.9 Å².